The molecule has 1 aromatic carbocycles. The third-order valence-corrected chi connectivity index (χ3v) is 7.99. The van der Waals surface area contributed by atoms with Crippen LogP contribution in [0, 0.1) is 5.92 Å². The molecule has 2 fully saturated rings. The fourth-order valence-electron chi connectivity index (χ4n) is 5.80. The van der Waals surface area contributed by atoms with Crippen LogP contribution < -0.4 is 15.0 Å². The molecule has 0 radical (unpaired) electrons. The highest BCUT2D eigenvalue weighted by Gasteiger charge is 2.30. The summed E-state index contributed by atoms with van der Waals surface area (Å²) in [5.74, 6) is 0.636. The van der Waals surface area contributed by atoms with Crippen molar-refractivity contribution in [3.63, 3.8) is 0 Å². The van der Waals surface area contributed by atoms with Crippen LogP contribution >= 0.6 is 0 Å². The zero-order chi connectivity index (χ0) is 28.7. The predicted octanol–water partition coefficient (Wildman–Crippen LogP) is 3.36. The Labute approximate surface area is 238 Å². The van der Waals surface area contributed by atoms with Gasteiger partial charge in [-0.05, 0) is 43.2 Å². The molecule has 1 N–H and O–H groups in total. The number of ketones is 1. The van der Waals surface area contributed by atoms with Gasteiger partial charge in [-0.15, -0.1) is 0 Å². The zero-order valence-corrected chi connectivity index (χ0v) is 23.6. The molecule has 0 bridgehead atoms. The summed E-state index contributed by atoms with van der Waals surface area (Å²) in [7, 11) is 5.54. The van der Waals surface area contributed by atoms with Gasteiger partial charge in [-0.2, -0.15) is 0 Å². The molecule has 11 heteroatoms. The van der Waals surface area contributed by atoms with Gasteiger partial charge in [-0.3, -0.25) is 9.59 Å². The largest absolute Gasteiger partial charge is 0.452 e. The number of carbonyl (C=O) groups is 3. The number of carbonyl (C=O) groups excluding carboxylic acids is 3. The molecule has 3 amide bonds. The summed E-state index contributed by atoms with van der Waals surface area (Å²) < 4.78 is 13.3. The van der Waals surface area contributed by atoms with Crippen molar-refractivity contribution in [3.8, 4) is 5.75 Å². The monoisotopic (exact) mass is 558 g/mol. The van der Waals surface area contributed by atoms with Gasteiger partial charge < -0.3 is 34.1 Å². The number of hydrogen-bond acceptors (Lipinski definition) is 7. The van der Waals surface area contributed by atoms with Crippen LogP contribution in [0.5, 0.6) is 5.75 Å². The fraction of sp³-hybridized carbons (Fsp3) is 0.400. The van der Waals surface area contributed by atoms with Gasteiger partial charge in [0.05, 0.1) is 18.8 Å². The second kappa shape index (κ2) is 10.9. The maximum Gasteiger partial charge on any atom is 0.321 e. The second-order valence-electron chi connectivity index (χ2n) is 10.9. The number of anilines is 2. The van der Waals surface area contributed by atoms with E-state index in [1.54, 1.807) is 54.4 Å². The molecular formula is C30H34N6O5. The van der Waals surface area contributed by atoms with E-state index in [0.29, 0.717) is 43.3 Å². The highest BCUT2D eigenvalue weighted by atomic mass is 16.5. The Kier molecular flexibility index (Phi) is 7.12. The molecule has 0 saturated carbocycles. The van der Waals surface area contributed by atoms with Crippen LogP contribution in [0.25, 0.3) is 17.1 Å². The number of Topliss-reactive ketones (excluding diaryl/α,β-unsaturated/α-hetero) is 1. The van der Waals surface area contributed by atoms with Gasteiger partial charge in [0.15, 0.2) is 5.76 Å². The molecular weight excluding hydrogens is 524 g/mol. The average molecular weight is 559 g/mol. The molecule has 0 unspecified atom stereocenters. The van der Waals surface area contributed by atoms with E-state index in [4.69, 9.17) is 9.47 Å². The Hall–Kier alpha value is -4.38. The number of morpholine rings is 1. The van der Waals surface area contributed by atoms with E-state index in [-0.39, 0.29) is 29.4 Å². The lowest BCUT2D eigenvalue weighted by Gasteiger charge is -2.34. The minimum absolute atomic E-state index is 0.0301. The molecule has 3 aliphatic heterocycles. The number of ether oxygens (including phenoxy) is 2. The van der Waals surface area contributed by atoms with Gasteiger partial charge >= 0.3 is 6.03 Å². The van der Waals surface area contributed by atoms with Crippen molar-refractivity contribution in [3.05, 3.63) is 53.5 Å². The molecule has 214 valence electrons. The second-order valence-corrected chi connectivity index (χ2v) is 10.9. The SMILES string of the molecule is CN(C)C(=O)C1CCN(c2ccnc3c2c(/C=C2\Oc4ccc(NC(=O)N5CCOCC5)cc4C2=O)cn3C)CC1. The van der Waals surface area contributed by atoms with Gasteiger partial charge in [-0.25, -0.2) is 9.78 Å². The minimum atomic E-state index is -0.243. The van der Waals surface area contributed by atoms with Crippen LogP contribution in [0.3, 0.4) is 0 Å². The summed E-state index contributed by atoms with van der Waals surface area (Å²) >= 11 is 0. The summed E-state index contributed by atoms with van der Waals surface area (Å²) in [5, 5.41) is 3.81. The normalized spacial score (nSPS) is 18.5. The molecule has 6 rings (SSSR count). The van der Waals surface area contributed by atoms with Crippen LogP contribution in [0.2, 0.25) is 0 Å². The van der Waals surface area contributed by atoms with E-state index in [1.165, 1.54) is 0 Å². The van der Waals surface area contributed by atoms with Crippen molar-refractivity contribution in [2.45, 2.75) is 12.8 Å². The molecule has 3 aromatic rings. The van der Waals surface area contributed by atoms with Gasteiger partial charge in [0, 0.05) is 88.0 Å². The molecule has 0 atom stereocenters. The van der Waals surface area contributed by atoms with Crippen LogP contribution in [0.4, 0.5) is 16.2 Å². The highest BCUT2D eigenvalue weighted by Crippen LogP contribution is 2.37. The van der Waals surface area contributed by atoms with Crippen LogP contribution in [0.1, 0.15) is 28.8 Å². The van der Waals surface area contributed by atoms with E-state index < -0.39 is 0 Å². The standard InChI is InChI=1S/C30H34N6O5/c1-33(2)29(38)19-7-10-35(11-8-19)23-6-9-31-28-26(23)20(18-34(28)3)16-25-27(37)22-17-21(4-5-24(22)41-25)32-30(39)36-12-14-40-15-13-36/h4-6,9,16-19H,7-8,10-15H2,1-3H3,(H,32,39)/b25-16-. The number of piperidine rings is 1. The Balaban J connectivity index is 1.24. The lowest BCUT2D eigenvalue weighted by Crippen LogP contribution is -2.43. The average Bonchev–Trinajstić information content (AvgIpc) is 3.48. The maximum atomic E-state index is 13.4. The summed E-state index contributed by atoms with van der Waals surface area (Å²) in [4.78, 5) is 48.8. The third-order valence-electron chi connectivity index (χ3n) is 7.99. The summed E-state index contributed by atoms with van der Waals surface area (Å²) in [6.45, 7) is 3.59. The molecule has 3 aliphatic rings. The molecule has 5 heterocycles. The van der Waals surface area contributed by atoms with Crippen molar-refractivity contribution < 1.29 is 23.9 Å². The first kappa shape index (κ1) is 26.8. The Morgan fingerprint density at radius 3 is 2.59 bits per heavy atom. The quantitative estimate of drug-likeness (QED) is 0.489. The predicted molar refractivity (Wildman–Crippen MR) is 155 cm³/mol. The Morgan fingerprint density at radius 1 is 1.10 bits per heavy atom. The fourth-order valence-corrected chi connectivity index (χ4v) is 5.80. The number of nitrogens with one attached hydrogen (secondary N) is 1. The number of hydrogen-bond donors (Lipinski definition) is 1. The third kappa shape index (κ3) is 5.13. The van der Waals surface area contributed by atoms with Crippen LogP contribution in [-0.4, -0.2) is 90.6 Å². The molecule has 2 saturated heterocycles. The zero-order valence-electron chi connectivity index (χ0n) is 23.6. The van der Waals surface area contributed by atoms with Crippen LogP contribution in [-0.2, 0) is 16.6 Å². The number of rotatable bonds is 4. The van der Waals surface area contributed by atoms with Gasteiger partial charge in [-0.1, -0.05) is 0 Å². The van der Waals surface area contributed by atoms with Gasteiger partial charge in [0.1, 0.15) is 11.4 Å². The molecule has 0 aliphatic carbocycles. The number of urea groups is 1. The van der Waals surface area contributed by atoms with E-state index >= 15 is 0 Å². The van der Waals surface area contributed by atoms with Crippen molar-refractivity contribution in [2.24, 2.45) is 13.0 Å². The van der Waals surface area contributed by atoms with E-state index in [1.807, 2.05) is 23.9 Å². The number of aromatic nitrogens is 2. The van der Waals surface area contributed by atoms with E-state index in [9.17, 15) is 14.4 Å². The highest BCUT2D eigenvalue weighted by molar-refractivity contribution is 6.16. The molecule has 2 aromatic heterocycles. The molecule has 11 nitrogen and oxygen atoms in total. The van der Waals surface area contributed by atoms with Crippen molar-refractivity contribution in [1.29, 1.82) is 0 Å². The van der Waals surface area contributed by atoms with E-state index in [2.05, 4.69) is 15.2 Å². The molecule has 41 heavy (non-hydrogen) atoms. The van der Waals surface area contributed by atoms with Crippen LogP contribution in [0.15, 0.2) is 42.4 Å². The van der Waals surface area contributed by atoms with Gasteiger partial charge in [0.2, 0.25) is 11.7 Å². The minimum Gasteiger partial charge on any atom is -0.452 e. The number of nitrogens with zero attached hydrogens (tertiary/aromatic N) is 5. The number of pyridine rings is 1. The summed E-state index contributed by atoms with van der Waals surface area (Å²) in [6.07, 6.45) is 7.08. The maximum absolute atomic E-state index is 13.4. The number of amides is 3. The number of fused-ring (bicyclic) bond motifs is 2. The van der Waals surface area contributed by atoms with Crippen molar-refractivity contribution in [1.82, 2.24) is 19.4 Å². The lowest BCUT2D eigenvalue weighted by molar-refractivity contribution is -0.133. The van der Waals surface area contributed by atoms with E-state index in [0.717, 1.165) is 48.2 Å². The number of benzene rings is 1. The lowest BCUT2D eigenvalue weighted by atomic mass is 9.95. The summed E-state index contributed by atoms with van der Waals surface area (Å²) in [5.41, 5.74) is 3.59. The number of aryl methyl sites for hydroxylation is 1. The smallest absolute Gasteiger partial charge is 0.321 e. The Morgan fingerprint density at radius 2 is 1.85 bits per heavy atom. The topological polar surface area (TPSA) is 109 Å². The van der Waals surface area contributed by atoms with Gasteiger partial charge in [0.25, 0.3) is 0 Å². The van der Waals surface area contributed by atoms with Crippen molar-refractivity contribution >= 4 is 46.2 Å². The first-order valence-corrected chi connectivity index (χ1v) is 13.9. The molecule has 0 spiro atoms. The first-order valence-electron chi connectivity index (χ1n) is 13.9. The summed E-state index contributed by atoms with van der Waals surface area (Å²) in [6, 6.07) is 6.87. The number of allylic oxidation sites excluding steroid dienone is 1. The first-order chi connectivity index (χ1) is 19.8. The van der Waals surface area contributed by atoms with Crippen molar-refractivity contribution in [2.75, 3.05) is 63.7 Å². The Bertz CT molecular complexity index is 1550.